The summed E-state index contributed by atoms with van der Waals surface area (Å²) in [6.07, 6.45) is 0.267. The van der Waals surface area contributed by atoms with E-state index in [1.807, 2.05) is 36.4 Å². The zero-order chi connectivity index (χ0) is 28.9. The summed E-state index contributed by atoms with van der Waals surface area (Å²) in [6, 6.07) is 13.6. The molecule has 0 saturated heterocycles. The molecule has 5 atom stereocenters. The van der Waals surface area contributed by atoms with Gasteiger partial charge in [0.05, 0.1) is 12.5 Å². The topological polar surface area (TPSA) is 194 Å². The van der Waals surface area contributed by atoms with Gasteiger partial charge in [-0.25, -0.2) is 4.79 Å². The normalized spacial score (nSPS) is 14.6. The minimum atomic E-state index is -1.55. The third kappa shape index (κ3) is 10.2. The average Bonchev–Trinajstić information content (AvgIpc) is 2.91. The molecule has 0 aromatic heterocycles. The van der Waals surface area contributed by atoms with Crippen LogP contribution < -0.4 is 27.4 Å². The average molecular weight is 540 g/mol. The van der Waals surface area contributed by atoms with Gasteiger partial charge in [-0.05, 0) is 23.5 Å². The van der Waals surface area contributed by atoms with Crippen molar-refractivity contribution in [1.29, 1.82) is 0 Å². The van der Waals surface area contributed by atoms with Crippen molar-refractivity contribution in [2.24, 2.45) is 17.4 Å². The number of primary amides is 1. The van der Waals surface area contributed by atoms with Crippen LogP contribution in [-0.2, 0) is 36.8 Å². The zero-order valence-electron chi connectivity index (χ0n) is 22.1. The molecular formula is C28H37N5O6. The molecule has 2 aromatic carbocycles. The fourth-order valence-electron chi connectivity index (χ4n) is 3.92. The van der Waals surface area contributed by atoms with Crippen LogP contribution in [0.1, 0.15) is 37.8 Å². The molecule has 210 valence electrons. The highest BCUT2D eigenvalue weighted by atomic mass is 16.4. The van der Waals surface area contributed by atoms with Crippen LogP contribution in [0.4, 0.5) is 0 Å². The fourth-order valence-corrected chi connectivity index (χ4v) is 3.92. The van der Waals surface area contributed by atoms with Crippen LogP contribution in [0, 0.1) is 5.92 Å². The molecule has 5 unspecified atom stereocenters. The summed E-state index contributed by atoms with van der Waals surface area (Å²) in [6.45, 7) is 3.52. The molecule has 0 bridgehead atoms. The number of carboxylic acids is 1. The smallest absolute Gasteiger partial charge is 0.326 e. The Morgan fingerprint density at radius 3 is 1.77 bits per heavy atom. The van der Waals surface area contributed by atoms with Crippen LogP contribution in [0.25, 0.3) is 0 Å². The molecule has 11 nitrogen and oxygen atoms in total. The Kier molecular flexibility index (Phi) is 12.1. The number of hydrogen-bond acceptors (Lipinski definition) is 6. The van der Waals surface area contributed by atoms with E-state index in [4.69, 9.17) is 11.5 Å². The van der Waals surface area contributed by atoms with Gasteiger partial charge in [0.25, 0.3) is 0 Å². The molecule has 4 amide bonds. The van der Waals surface area contributed by atoms with Gasteiger partial charge in [0.1, 0.15) is 18.1 Å². The van der Waals surface area contributed by atoms with Crippen molar-refractivity contribution in [1.82, 2.24) is 16.0 Å². The van der Waals surface area contributed by atoms with Gasteiger partial charge in [-0.15, -0.1) is 0 Å². The lowest BCUT2D eigenvalue weighted by Gasteiger charge is -2.28. The van der Waals surface area contributed by atoms with E-state index in [9.17, 15) is 29.1 Å². The Balaban J connectivity index is 2.23. The molecule has 11 heteroatoms. The molecule has 0 saturated carbocycles. The predicted octanol–water partition coefficient (Wildman–Crippen LogP) is 0.260. The van der Waals surface area contributed by atoms with Gasteiger partial charge in [0.15, 0.2) is 0 Å². The zero-order valence-corrected chi connectivity index (χ0v) is 22.1. The highest BCUT2D eigenvalue weighted by Crippen LogP contribution is 2.11. The van der Waals surface area contributed by atoms with Crippen LogP contribution in [0.2, 0.25) is 0 Å². The molecular weight excluding hydrogens is 502 g/mol. The quantitative estimate of drug-likeness (QED) is 0.187. The molecule has 39 heavy (non-hydrogen) atoms. The molecule has 2 aromatic rings. The van der Waals surface area contributed by atoms with Gasteiger partial charge < -0.3 is 32.5 Å². The van der Waals surface area contributed by atoms with Crippen molar-refractivity contribution in [2.45, 2.75) is 63.7 Å². The highest BCUT2D eigenvalue weighted by Gasteiger charge is 2.33. The highest BCUT2D eigenvalue weighted by molar-refractivity contribution is 5.95. The summed E-state index contributed by atoms with van der Waals surface area (Å²) in [5.41, 5.74) is 12.9. The maximum absolute atomic E-state index is 13.5. The molecule has 0 aliphatic rings. The monoisotopic (exact) mass is 539 g/mol. The second kappa shape index (κ2) is 15.2. The van der Waals surface area contributed by atoms with Crippen LogP contribution in [0.3, 0.4) is 0 Å². The number of aliphatic carboxylic acids is 1. The number of carbonyl (C=O) groups is 5. The number of amides is 4. The van der Waals surface area contributed by atoms with Gasteiger partial charge in [-0.2, -0.15) is 0 Å². The molecule has 8 N–H and O–H groups in total. The molecule has 0 aliphatic heterocycles. The van der Waals surface area contributed by atoms with E-state index in [0.29, 0.717) is 6.42 Å². The lowest BCUT2D eigenvalue weighted by atomic mass is 9.96. The van der Waals surface area contributed by atoms with E-state index in [0.717, 1.165) is 11.1 Å². The first-order valence-electron chi connectivity index (χ1n) is 12.8. The predicted molar refractivity (Wildman–Crippen MR) is 145 cm³/mol. The van der Waals surface area contributed by atoms with Gasteiger partial charge in [-0.1, -0.05) is 80.9 Å². The molecule has 0 fully saturated rings. The van der Waals surface area contributed by atoms with Crippen LogP contribution >= 0.6 is 0 Å². The summed E-state index contributed by atoms with van der Waals surface area (Å²) in [5.74, 6) is -4.68. The SMILES string of the molecule is CCC(C)C(NC(=O)C(Cc1ccccc1)NC(=O)C(N)Cc1ccccc1)C(=O)NC(CC(N)=O)C(=O)O. The first-order valence-corrected chi connectivity index (χ1v) is 12.8. The standard InChI is InChI=1S/C28H37N5O6/c1-3-17(2)24(27(37)32-22(28(38)39)16-23(30)34)33-26(36)21(15-19-12-8-5-9-13-19)31-25(35)20(29)14-18-10-6-4-7-11-18/h4-13,17,20-22,24H,3,14-16,29H2,1-2H3,(H2,30,34)(H,31,35)(H,32,37)(H,33,36)(H,38,39). The van der Waals surface area contributed by atoms with Crippen LogP contribution in [0.15, 0.2) is 60.7 Å². The lowest BCUT2D eigenvalue weighted by Crippen LogP contribution is -2.59. The molecule has 0 heterocycles. The number of benzene rings is 2. The number of nitrogens with two attached hydrogens (primary N) is 2. The summed E-state index contributed by atoms with van der Waals surface area (Å²) < 4.78 is 0. The van der Waals surface area contributed by atoms with Crippen molar-refractivity contribution in [2.75, 3.05) is 0 Å². The molecule has 2 rings (SSSR count). The maximum Gasteiger partial charge on any atom is 0.326 e. The third-order valence-electron chi connectivity index (χ3n) is 6.36. The van der Waals surface area contributed by atoms with Gasteiger partial charge in [0, 0.05) is 6.42 Å². The van der Waals surface area contributed by atoms with Crippen molar-refractivity contribution < 1.29 is 29.1 Å². The molecule has 0 aliphatic carbocycles. The Morgan fingerprint density at radius 1 is 0.769 bits per heavy atom. The van der Waals surface area contributed by atoms with Gasteiger partial charge >= 0.3 is 5.97 Å². The summed E-state index contributed by atoms with van der Waals surface area (Å²) in [4.78, 5) is 62.3. The van der Waals surface area contributed by atoms with Crippen molar-refractivity contribution in [3.8, 4) is 0 Å². The van der Waals surface area contributed by atoms with E-state index < -0.39 is 66.1 Å². The maximum atomic E-state index is 13.5. The largest absolute Gasteiger partial charge is 0.480 e. The van der Waals surface area contributed by atoms with Crippen LogP contribution in [0.5, 0.6) is 0 Å². The van der Waals surface area contributed by atoms with Crippen LogP contribution in [-0.4, -0.2) is 58.9 Å². The number of hydrogen-bond donors (Lipinski definition) is 6. The van der Waals surface area contributed by atoms with Crippen molar-refractivity contribution >= 4 is 29.6 Å². The minimum Gasteiger partial charge on any atom is -0.480 e. The minimum absolute atomic E-state index is 0.130. The van der Waals surface area contributed by atoms with Crippen molar-refractivity contribution in [3.05, 3.63) is 71.8 Å². The van der Waals surface area contributed by atoms with E-state index in [-0.39, 0.29) is 12.8 Å². The first-order chi connectivity index (χ1) is 18.5. The van der Waals surface area contributed by atoms with E-state index in [2.05, 4.69) is 16.0 Å². The second-order valence-electron chi connectivity index (χ2n) is 9.49. The Hall–Kier alpha value is -4.25. The van der Waals surface area contributed by atoms with E-state index in [1.54, 1.807) is 38.1 Å². The van der Waals surface area contributed by atoms with Gasteiger partial charge in [0.2, 0.25) is 23.6 Å². The van der Waals surface area contributed by atoms with E-state index >= 15 is 0 Å². The lowest BCUT2D eigenvalue weighted by molar-refractivity contribution is -0.144. The van der Waals surface area contributed by atoms with E-state index in [1.165, 1.54) is 0 Å². The number of carboxylic acid groups (broad SMARTS) is 1. The fraction of sp³-hybridized carbons (Fsp3) is 0.393. The summed E-state index contributed by atoms with van der Waals surface area (Å²) in [7, 11) is 0. The van der Waals surface area contributed by atoms with Gasteiger partial charge in [-0.3, -0.25) is 19.2 Å². The Bertz CT molecular complexity index is 1130. The molecule has 0 spiro atoms. The Labute approximate surface area is 227 Å². The second-order valence-corrected chi connectivity index (χ2v) is 9.49. The first kappa shape index (κ1) is 31.0. The number of rotatable bonds is 15. The number of carbonyl (C=O) groups excluding carboxylic acids is 4. The number of nitrogens with one attached hydrogen (secondary N) is 3. The van der Waals surface area contributed by atoms with Crippen molar-refractivity contribution in [3.63, 3.8) is 0 Å². The Morgan fingerprint density at radius 2 is 1.28 bits per heavy atom. The molecule has 0 radical (unpaired) electrons. The summed E-state index contributed by atoms with van der Waals surface area (Å²) >= 11 is 0. The summed E-state index contributed by atoms with van der Waals surface area (Å²) in [5, 5.41) is 17.0. The third-order valence-corrected chi connectivity index (χ3v) is 6.36.